The molecule has 182 valence electrons. The number of aryl methyl sites for hydroxylation is 3. The van der Waals surface area contributed by atoms with E-state index in [1.165, 1.54) is 0 Å². The van der Waals surface area contributed by atoms with Gasteiger partial charge in [0.05, 0.1) is 12.2 Å². The maximum absolute atomic E-state index is 4.86. The Morgan fingerprint density at radius 2 is 1.68 bits per heavy atom. The molecular weight excluding hydrogens is 460 g/mol. The SMILES string of the molecule is CCc1nc2c(C)cc(C)nc2n1Cc1ccc(-c2cc(-c3ccccc3)ccc2-c2nnn[nH]2)cn1. The van der Waals surface area contributed by atoms with Gasteiger partial charge in [-0.1, -0.05) is 49.4 Å². The highest BCUT2D eigenvalue weighted by Gasteiger charge is 2.16. The largest absolute Gasteiger partial charge is 0.307 e. The van der Waals surface area contributed by atoms with Crippen LogP contribution in [0.5, 0.6) is 0 Å². The van der Waals surface area contributed by atoms with Crippen LogP contribution in [0.2, 0.25) is 0 Å². The van der Waals surface area contributed by atoms with Crippen LogP contribution in [0.3, 0.4) is 0 Å². The zero-order valence-corrected chi connectivity index (χ0v) is 21.0. The maximum Gasteiger partial charge on any atom is 0.180 e. The minimum absolute atomic E-state index is 0.610. The van der Waals surface area contributed by atoms with Gasteiger partial charge in [0.25, 0.3) is 0 Å². The Labute approximate surface area is 214 Å². The summed E-state index contributed by atoms with van der Waals surface area (Å²) >= 11 is 0. The van der Waals surface area contributed by atoms with Gasteiger partial charge in [0.2, 0.25) is 0 Å². The minimum atomic E-state index is 0.610. The summed E-state index contributed by atoms with van der Waals surface area (Å²) in [4.78, 5) is 14.5. The first-order valence-corrected chi connectivity index (χ1v) is 12.3. The predicted octanol–water partition coefficient (Wildman–Crippen LogP) is 5.57. The zero-order chi connectivity index (χ0) is 25.4. The van der Waals surface area contributed by atoms with Crippen LogP contribution in [0.25, 0.3) is 44.8 Å². The lowest BCUT2D eigenvalue weighted by molar-refractivity contribution is 0.729. The molecule has 37 heavy (non-hydrogen) atoms. The van der Waals surface area contributed by atoms with Crippen LogP contribution < -0.4 is 0 Å². The van der Waals surface area contributed by atoms with Crippen LogP contribution in [0.1, 0.15) is 29.7 Å². The summed E-state index contributed by atoms with van der Waals surface area (Å²) in [6.07, 6.45) is 2.75. The molecule has 0 unspecified atom stereocenters. The predicted molar refractivity (Wildman–Crippen MR) is 144 cm³/mol. The van der Waals surface area contributed by atoms with Crippen molar-refractivity contribution in [1.29, 1.82) is 0 Å². The maximum atomic E-state index is 4.86. The molecule has 0 bridgehead atoms. The van der Waals surface area contributed by atoms with Crippen LogP contribution in [0.4, 0.5) is 0 Å². The topological polar surface area (TPSA) is 98.1 Å². The molecule has 0 aliphatic rings. The van der Waals surface area contributed by atoms with E-state index >= 15 is 0 Å². The normalized spacial score (nSPS) is 11.3. The molecule has 6 aromatic rings. The number of nitrogens with one attached hydrogen (secondary N) is 1. The molecule has 0 radical (unpaired) electrons. The van der Waals surface area contributed by atoms with Crippen molar-refractivity contribution < 1.29 is 0 Å². The molecule has 0 spiro atoms. The van der Waals surface area contributed by atoms with Crippen LogP contribution >= 0.6 is 0 Å². The van der Waals surface area contributed by atoms with Crippen molar-refractivity contribution in [2.75, 3.05) is 0 Å². The third-order valence-electron chi connectivity index (χ3n) is 6.60. The highest BCUT2D eigenvalue weighted by Crippen LogP contribution is 2.34. The number of aromatic amines is 1. The summed E-state index contributed by atoms with van der Waals surface area (Å²) in [5.74, 6) is 1.63. The van der Waals surface area contributed by atoms with E-state index in [2.05, 4.69) is 87.6 Å². The number of nitrogens with zero attached hydrogens (tertiary/aromatic N) is 7. The Balaban J connectivity index is 1.39. The lowest BCUT2D eigenvalue weighted by atomic mass is 9.95. The molecule has 0 amide bonds. The first kappa shape index (κ1) is 22.7. The molecule has 0 atom stereocenters. The number of hydrogen-bond acceptors (Lipinski definition) is 6. The van der Waals surface area contributed by atoms with Gasteiger partial charge >= 0.3 is 0 Å². The lowest BCUT2D eigenvalue weighted by Crippen LogP contribution is -2.07. The van der Waals surface area contributed by atoms with Crippen LogP contribution in [0, 0.1) is 13.8 Å². The van der Waals surface area contributed by atoms with Gasteiger partial charge in [-0.05, 0) is 70.8 Å². The molecule has 4 aromatic heterocycles. The number of fused-ring (bicyclic) bond motifs is 1. The summed E-state index contributed by atoms with van der Waals surface area (Å²) in [5.41, 5.74) is 10.1. The van der Waals surface area contributed by atoms with E-state index in [-0.39, 0.29) is 0 Å². The van der Waals surface area contributed by atoms with E-state index in [4.69, 9.17) is 15.0 Å². The molecule has 0 saturated carbocycles. The molecule has 0 saturated heterocycles. The monoisotopic (exact) mass is 486 g/mol. The molecule has 1 N–H and O–H groups in total. The number of benzene rings is 2. The molecule has 8 heteroatoms. The molecule has 0 aliphatic carbocycles. The fourth-order valence-corrected chi connectivity index (χ4v) is 4.80. The van der Waals surface area contributed by atoms with Crippen LogP contribution in [0.15, 0.2) is 72.9 Å². The van der Waals surface area contributed by atoms with Crippen molar-refractivity contribution in [3.05, 3.63) is 95.7 Å². The molecule has 8 nitrogen and oxygen atoms in total. The summed E-state index contributed by atoms with van der Waals surface area (Å²) in [6.45, 7) is 6.84. The van der Waals surface area contributed by atoms with Gasteiger partial charge in [0.15, 0.2) is 11.5 Å². The average Bonchev–Trinajstić information content (AvgIpc) is 3.58. The van der Waals surface area contributed by atoms with E-state index in [1.807, 2.05) is 31.3 Å². The summed E-state index contributed by atoms with van der Waals surface area (Å²) < 4.78 is 2.18. The second-order valence-corrected chi connectivity index (χ2v) is 9.13. The highest BCUT2D eigenvalue weighted by molar-refractivity contribution is 5.84. The first-order chi connectivity index (χ1) is 18.1. The Morgan fingerprint density at radius 1 is 0.838 bits per heavy atom. The number of hydrogen-bond donors (Lipinski definition) is 1. The second kappa shape index (κ2) is 9.39. The smallest absolute Gasteiger partial charge is 0.180 e. The standard InChI is InChI=1S/C29H26N8/c1-4-26-32-27-18(2)14-19(3)31-29(27)37(26)17-23-12-10-22(16-30-23)25-15-21(20-8-6-5-7-9-20)11-13-24(25)28-33-35-36-34-28/h5-16H,4,17H2,1-3H3,(H,33,34,35,36). The molecular formula is C29H26N8. The molecule has 2 aromatic carbocycles. The summed E-state index contributed by atoms with van der Waals surface area (Å²) in [6, 6.07) is 22.9. The van der Waals surface area contributed by atoms with Gasteiger partial charge in [0.1, 0.15) is 11.3 Å². The summed E-state index contributed by atoms with van der Waals surface area (Å²) in [7, 11) is 0. The van der Waals surface area contributed by atoms with Crippen LogP contribution in [-0.2, 0) is 13.0 Å². The number of H-pyrrole nitrogens is 1. The van der Waals surface area contributed by atoms with E-state index < -0.39 is 0 Å². The highest BCUT2D eigenvalue weighted by atomic mass is 15.5. The van der Waals surface area contributed by atoms with E-state index in [0.29, 0.717) is 12.4 Å². The number of aromatic nitrogens is 8. The van der Waals surface area contributed by atoms with Gasteiger partial charge in [-0.25, -0.2) is 15.1 Å². The van der Waals surface area contributed by atoms with Crippen molar-refractivity contribution in [1.82, 2.24) is 40.1 Å². The van der Waals surface area contributed by atoms with Crippen molar-refractivity contribution in [2.45, 2.75) is 33.7 Å². The quantitative estimate of drug-likeness (QED) is 0.331. The lowest BCUT2D eigenvalue weighted by Gasteiger charge is -2.12. The van der Waals surface area contributed by atoms with E-state index in [1.54, 1.807) is 0 Å². The number of pyridine rings is 2. The van der Waals surface area contributed by atoms with Crippen molar-refractivity contribution in [2.24, 2.45) is 0 Å². The average molecular weight is 487 g/mol. The van der Waals surface area contributed by atoms with Gasteiger partial charge in [0, 0.05) is 29.4 Å². The minimum Gasteiger partial charge on any atom is -0.307 e. The van der Waals surface area contributed by atoms with E-state index in [9.17, 15) is 0 Å². The van der Waals surface area contributed by atoms with Gasteiger partial charge in [-0.3, -0.25) is 4.98 Å². The number of imidazole rings is 1. The third-order valence-corrected chi connectivity index (χ3v) is 6.60. The molecule has 0 fully saturated rings. The Morgan fingerprint density at radius 3 is 2.41 bits per heavy atom. The Bertz CT molecular complexity index is 1680. The van der Waals surface area contributed by atoms with Crippen molar-refractivity contribution in [3.8, 4) is 33.6 Å². The Kier molecular flexibility index (Phi) is 5.76. The molecule has 4 heterocycles. The van der Waals surface area contributed by atoms with Gasteiger partial charge in [-0.15, -0.1) is 5.10 Å². The third kappa shape index (κ3) is 4.27. The molecule has 0 aliphatic heterocycles. The second-order valence-electron chi connectivity index (χ2n) is 9.13. The van der Waals surface area contributed by atoms with Crippen molar-refractivity contribution >= 4 is 11.2 Å². The molecule has 6 rings (SSSR count). The van der Waals surface area contributed by atoms with Crippen molar-refractivity contribution in [3.63, 3.8) is 0 Å². The van der Waals surface area contributed by atoms with Gasteiger partial charge in [-0.2, -0.15) is 0 Å². The van der Waals surface area contributed by atoms with Gasteiger partial charge < -0.3 is 4.57 Å². The number of rotatable bonds is 6. The summed E-state index contributed by atoms with van der Waals surface area (Å²) in [5, 5.41) is 14.6. The first-order valence-electron chi connectivity index (χ1n) is 12.3. The van der Waals surface area contributed by atoms with Crippen LogP contribution in [-0.4, -0.2) is 40.1 Å². The fourth-order valence-electron chi connectivity index (χ4n) is 4.80. The number of tetrazole rings is 1. The van der Waals surface area contributed by atoms with E-state index in [0.717, 1.165) is 68.2 Å². The Hall–Kier alpha value is -4.72. The zero-order valence-electron chi connectivity index (χ0n) is 21.0. The fraction of sp³-hybridized carbons (Fsp3) is 0.172.